The van der Waals surface area contributed by atoms with Crippen LogP contribution < -0.4 is 15.8 Å². The Morgan fingerprint density at radius 3 is 2.88 bits per heavy atom. The van der Waals surface area contributed by atoms with Crippen LogP contribution in [0.25, 0.3) is 0 Å². The molecule has 4 heteroatoms. The minimum absolute atomic E-state index is 0.0250. The molecule has 1 aromatic rings. The number of ether oxygens (including phenoxy) is 1. The van der Waals surface area contributed by atoms with Crippen LogP contribution in [-0.4, -0.2) is 19.1 Å². The van der Waals surface area contributed by atoms with Crippen molar-refractivity contribution >= 4 is 11.6 Å². The third-order valence-electron chi connectivity index (χ3n) is 2.23. The number of hydrogen-bond donors (Lipinski definition) is 2. The first-order valence-electron chi connectivity index (χ1n) is 5.99. The molecule has 0 fully saturated rings. The van der Waals surface area contributed by atoms with Crippen LogP contribution in [-0.2, 0) is 4.79 Å². The second-order valence-corrected chi connectivity index (χ2v) is 3.79. The predicted octanol–water partition coefficient (Wildman–Crippen LogP) is 2.15. The van der Waals surface area contributed by atoms with Gasteiger partial charge in [0.1, 0.15) is 5.75 Å². The summed E-state index contributed by atoms with van der Waals surface area (Å²) in [6, 6.07) is 7.46. The maximum atomic E-state index is 11.6. The molecule has 0 aromatic heterocycles. The van der Waals surface area contributed by atoms with E-state index in [2.05, 4.69) is 5.32 Å². The molecule has 0 bridgehead atoms. The molecule has 17 heavy (non-hydrogen) atoms. The van der Waals surface area contributed by atoms with Gasteiger partial charge in [0, 0.05) is 6.42 Å². The van der Waals surface area contributed by atoms with Gasteiger partial charge in [-0.3, -0.25) is 4.79 Å². The third kappa shape index (κ3) is 4.87. The number of hydrogen-bond acceptors (Lipinski definition) is 3. The fourth-order valence-corrected chi connectivity index (χ4v) is 1.38. The second kappa shape index (κ2) is 7.68. The van der Waals surface area contributed by atoms with Gasteiger partial charge in [-0.1, -0.05) is 19.1 Å². The molecule has 4 nitrogen and oxygen atoms in total. The highest BCUT2D eigenvalue weighted by atomic mass is 16.5. The first-order valence-corrected chi connectivity index (χ1v) is 5.99. The van der Waals surface area contributed by atoms with Gasteiger partial charge in [-0.25, -0.2) is 0 Å². The Kier molecular flexibility index (Phi) is 6.10. The van der Waals surface area contributed by atoms with Gasteiger partial charge < -0.3 is 15.8 Å². The largest absolute Gasteiger partial charge is 0.491 e. The van der Waals surface area contributed by atoms with Crippen molar-refractivity contribution in [1.29, 1.82) is 0 Å². The fraction of sp³-hybridized carbons (Fsp3) is 0.462. The van der Waals surface area contributed by atoms with Gasteiger partial charge >= 0.3 is 0 Å². The van der Waals surface area contributed by atoms with E-state index >= 15 is 0 Å². The molecule has 0 spiro atoms. The van der Waals surface area contributed by atoms with Gasteiger partial charge in [0.25, 0.3) is 0 Å². The molecule has 1 amide bonds. The van der Waals surface area contributed by atoms with Gasteiger partial charge in [0.05, 0.1) is 12.3 Å². The Bertz CT molecular complexity index is 353. The lowest BCUT2D eigenvalue weighted by molar-refractivity contribution is -0.116. The number of benzene rings is 1. The average Bonchev–Trinajstić information content (AvgIpc) is 2.35. The summed E-state index contributed by atoms with van der Waals surface area (Å²) in [6.45, 7) is 3.22. The summed E-state index contributed by atoms with van der Waals surface area (Å²) < 4.78 is 5.55. The summed E-state index contributed by atoms with van der Waals surface area (Å²) in [5.74, 6) is 0.693. The van der Waals surface area contributed by atoms with Crippen molar-refractivity contribution in [2.45, 2.75) is 26.2 Å². The van der Waals surface area contributed by atoms with Gasteiger partial charge in [-0.15, -0.1) is 0 Å². The Labute approximate surface area is 102 Å². The summed E-state index contributed by atoms with van der Waals surface area (Å²) >= 11 is 0. The quantitative estimate of drug-likeness (QED) is 0.762. The third-order valence-corrected chi connectivity index (χ3v) is 2.23. The molecule has 94 valence electrons. The number of amides is 1. The molecule has 1 rings (SSSR count). The molecule has 0 saturated carbocycles. The lowest BCUT2D eigenvalue weighted by Gasteiger charge is -2.11. The molecule has 3 N–H and O–H groups in total. The summed E-state index contributed by atoms with van der Waals surface area (Å²) in [5.41, 5.74) is 6.09. The molecular weight excluding hydrogens is 216 g/mol. The van der Waals surface area contributed by atoms with Crippen molar-refractivity contribution in [3.05, 3.63) is 24.3 Å². The van der Waals surface area contributed by atoms with Crippen LogP contribution in [0.2, 0.25) is 0 Å². The summed E-state index contributed by atoms with van der Waals surface area (Å²) in [6.07, 6.45) is 2.08. The average molecular weight is 236 g/mol. The number of anilines is 1. The molecule has 0 saturated heterocycles. The van der Waals surface area contributed by atoms with Crippen molar-refractivity contribution in [1.82, 2.24) is 0 Å². The monoisotopic (exact) mass is 236 g/mol. The highest BCUT2D eigenvalue weighted by molar-refractivity contribution is 5.92. The zero-order valence-electron chi connectivity index (χ0n) is 10.2. The van der Waals surface area contributed by atoms with Crippen LogP contribution >= 0.6 is 0 Å². The van der Waals surface area contributed by atoms with E-state index in [1.165, 1.54) is 0 Å². The molecule has 0 aliphatic carbocycles. The number of carbonyl (C=O) groups excluding carboxylic acids is 1. The number of carbonyl (C=O) groups is 1. The SMILES string of the molecule is CCCOc1ccccc1NC(=O)CCCN. The van der Waals surface area contributed by atoms with E-state index in [0.717, 1.165) is 17.9 Å². The van der Waals surface area contributed by atoms with Crippen LogP contribution in [0.3, 0.4) is 0 Å². The predicted molar refractivity (Wildman–Crippen MR) is 69.1 cm³/mol. The highest BCUT2D eigenvalue weighted by Gasteiger charge is 2.06. The van der Waals surface area contributed by atoms with Crippen molar-refractivity contribution in [2.24, 2.45) is 5.73 Å². The van der Waals surface area contributed by atoms with Crippen molar-refractivity contribution < 1.29 is 9.53 Å². The minimum atomic E-state index is -0.0250. The number of para-hydroxylation sites is 2. The van der Waals surface area contributed by atoms with E-state index in [0.29, 0.717) is 26.0 Å². The summed E-state index contributed by atoms with van der Waals surface area (Å²) in [5, 5.41) is 2.83. The Hall–Kier alpha value is -1.55. The first-order chi connectivity index (χ1) is 8.27. The van der Waals surface area contributed by atoms with Crippen molar-refractivity contribution in [3.8, 4) is 5.75 Å². The standard InChI is InChI=1S/C13H20N2O2/c1-2-10-17-12-7-4-3-6-11(12)15-13(16)8-5-9-14/h3-4,6-7H,2,5,8-10,14H2,1H3,(H,15,16). The van der Waals surface area contributed by atoms with E-state index in [1.54, 1.807) is 0 Å². The van der Waals surface area contributed by atoms with Crippen molar-refractivity contribution in [2.75, 3.05) is 18.5 Å². The maximum absolute atomic E-state index is 11.6. The second-order valence-electron chi connectivity index (χ2n) is 3.79. The molecule has 0 heterocycles. The van der Waals surface area contributed by atoms with E-state index in [4.69, 9.17) is 10.5 Å². The Morgan fingerprint density at radius 2 is 2.18 bits per heavy atom. The lowest BCUT2D eigenvalue weighted by atomic mass is 10.2. The molecule has 0 aliphatic heterocycles. The molecule has 0 unspecified atom stereocenters. The molecule has 0 atom stereocenters. The Morgan fingerprint density at radius 1 is 1.41 bits per heavy atom. The number of rotatable bonds is 7. The highest BCUT2D eigenvalue weighted by Crippen LogP contribution is 2.23. The van der Waals surface area contributed by atoms with E-state index in [-0.39, 0.29) is 5.91 Å². The molecule has 1 aromatic carbocycles. The van der Waals surface area contributed by atoms with E-state index < -0.39 is 0 Å². The van der Waals surface area contributed by atoms with Crippen molar-refractivity contribution in [3.63, 3.8) is 0 Å². The topological polar surface area (TPSA) is 64.3 Å². The number of nitrogens with two attached hydrogens (primary N) is 1. The van der Waals surface area contributed by atoms with Gasteiger partial charge in [0.2, 0.25) is 5.91 Å². The lowest BCUT2D eigenvalue weighted by Crippen LogP contribution is -2.14. The maximum Gasteiger partial charge on any atom is 0.224 e. The normalized spacial score (nSPS) is 10.0. The zero-order valence-corrected chi connectivity index (χ0v) is 10.2. The van der Waals surface area contributed by atoms with Crippen LogP contribution in [0.15, 0.2) is 24.3 Å². The van der Waals surface area contributed by atoms with E-state index in [1.807, 2.05) is 31.2 Å². The molecular formula is C13H20N2O2. The first kappa shape index (κ1) is 13.5. The number of nitrogens with one attached hydrogen (secondary N) is 1. The fourth-order valence-electron chi connectivity index (χ4n) is 1.38. The minimum Gasteiger partial charge on any atom is -0.491 e. The smallest absolute Gasteiger partial charge is 0.224 e. The Balaban J connectivity index is 2.59. The van der Waals surface area contributed by atoms with Crippen LogP contribution in [0.1, 0.15) is 26.2 Å². The summed E-state index contributed by atoms with van der Waals surface area (Å²) in [7, 11) is 0. The van der Waals surface area contributed by atoms with Crippen LogP contribution in [0, 0.1) is 0 Å². The van der Waals surface area contributed by atoms with E-state index in [9.17, 15) is 4.79 Å². The van der Waals surface area contributed by atoms with Crippen LogP contribution in [0.4, 0.5) is 5.69 Å². The van der Waals surface area contributed by atoms with Gasteiger partial charge in [-0.2, -0.15) is 0 Å². The van der Waals surface area contributed by atoms with Crippen LogP contribution in [0.5, 0.6) is 5.75 Å². The van der Waals surface area contributed by atoms with Gasteiger partial charge in [0.15, 0.2) is 0 Å². The molecule has 0 aliphatic rings. The molecule has 0 radical (unpaired) electrons. The van der Waals surface area contributed by atoms with Gasteiger partial charge in [-0.05, 0) is 31.5 Å². The zero-order chi connectivity index (χ0) is 12.5. The summed E-state index contributed by atoms with van der Waals surface area (Å²) in [4.78, 5) is 11.6.